The van der Waals surface area contributed by atoms with Gasteiger partial charge < -0.3 is 10.1 Å². The van der Waals surface area contributed by atoms with E-state index in [9.17, 15) is 9.59 Å². The molecule has 22 heavy (non-hydrogen) atoms. The largest absolute Gasteiger partial charge is 0.452 e. The molecule has 1 aliphatic carbocycles. The van der Waals surface area contributed by atoms with E-state index in [0.29, 0.717) is 5.92 Å². The van der Waals surface area contributed by atoms with Gasteiger partial charge in [-0.25, -0.2) is 4.79 Å². The molecule has 118 valence electrons. The molecule has 0 aromatic heterocycles. The molecule has 2 atom stereocenters. The quantitative estimate of drug-likeness (QED) is 0.672. The van der Waals surface area contributed by atoms with E-state index in [1.807, 2.05) is 30.3 Å². The third-order valence-electron chi connectivity index (χ3n) is 4.01. The average molecular weight is 301 g/mol. The Kier molecular flexibility index (Phi) is 6.19. The molecule has 1 aliphatic rings. The maximum Gasteiger partial charge on any atom is 0.331 e. The molecule has 0 radical (unpaired) electrons. The van der Waals surface area contributed by atoms with Gasteiger partial charge in [-0.05, 0) is 30.4 Å². The fourth-order valence-electron chi connectivity index (χ4n) is 2.69. The van der Waals surface area contributed by atoms with Crippen LogP contribution in [0.15, 0.2) is 36.4 Å². The SMILES string of the molecule is C[C@@H]1CCCC[C@@H]1NC(=O)COC(=O)/C=C/c1ccccc1. The van der Waals surface area contributed by atoms with Gasteiger partial charge in [0.05, 0.1) is 0 Å². The van der Waals surface area contributed by atoms with E-state index in [1.54, 1.807) is 6.08 Å². The van der Waals surface area contributed by atoms with Crippen LogP contribution in [-0.2, 0) is 14.3 Å². The van der Waals surface area contributed by atoms with Crippen LogP contribution in [0.3, 0.4) is 0 Å². The van der Waals surface area contributed by atoms with Crippen molar-refractivity contribution in [3.8, 4) is 0 Å². The van der Waals surface area contributed by atoms with Crippen LogP contribution in [-0.4, -0.2) is 24.5 Å². The Morgan fingerprint density at radius 1 is 1.23 bits per heavy atom. The van der Waals surface area contributed by atoms with Crippen LogP contribution in [0.4, 0.5) is 0 Å². The molecule has 0 saturated heterocycles. The van der Waals surface area contributed by atoms with Gasteiger partial charge in [-0.3, -0.25) is 4.79 Å². The summed E-state index contributed by atoms with van der Waals surface area (Å²) in [5, 5.41) is 2.96. The fraction of sp³-hybridized carbons (Fsp3) is 0.444. The molecule has 1 aromatic rings. The minimum Gasteiger partial charge on any atom is -0.452 e. The van der Waals surface area contributed by atoms with E-state index in [4.69, 9.17) is 4.74 Å². The first-order valence-corrected chi connectivity index (χ1v) is 7.84. The number of amides is 1. The zero-order valence-corrected chi connectivity index (χ0v) is 13.0. The summed E-state index contributed by atoms with van der Waals surface area (Å²) in [5.74, 6) is -0.234. The monoisotopic (exact) mass is 301 g/mol. The number of benzene rings is 1. The molecule has 1 amide bonds. The van der Waals surface area contributed by atoms with Crippen molar-refractivity contribution in [2.45, 2.75) is 38.6 Å². The first-order chi connectivity index (χ1) is 10.6. The summed E-state index contributed by atoms with van der Waals surface area (Å²) < 4.78 is 4.96. The fourth-order valence-corrected chi connectivity index (χ4v) is 2.69. The van der Waals surface area contributed by atoms with Crippen molar-refractivity contribution < 1.29 is 14.3 Å². The van der Waals surface area contributed by atoms with Gasteiger partial charge in [0, 0.05) is 12.1 Å². The van der Waals surface area contributed by atoms with E-state index < -0.39 is 5.97 Å². The van der Waals surface area contributed by atoms with Gasteiger partial charge in [0.15, 0.2) is 6.61 Å². The molecule has 4 nitrogen and oxygen atoms in total. The van der Waals surface area contributed by atoms with Crippen molar-refractivity contribution in [2.75, 3.05) is 6.61 Å². The van der Waals surface area contributed by atoms with Crippen LogP contribution in [0.1, 0.15) is 38.2 Å². The smallest absolute Gasteiger partial charge is 0.331 e. The van der Waals surface area contributed by atoms with Gasteiger partial charge in [0.25, 0.3) is 5.91 Å². The first-order valence-electron chi connectivity index (χ1n) is 7.84. The molecule has 1 N–H and O–H groups in total. The van der Waals surface area contributed by atoms with Crippen LogP contribution < -0.4 is 5.32 Å². The third kappa shape index (κ3) is 5.35. The highest BCUT2D eigenvalue weighted by Crippen LogP contribution is 2.23. The molecule has 1 aromatic carbocycles. The van der Waals surface area contributed by atoms with Gasteiger partial charge in [0.1, 0.15) is 0 Å². The number of carbonyl (C=O) groups is 2. The molecule has 0 bridgehead atoms. The Morgan fingerprint density at radius 3 is 2.68 bits per heavy atom. The molecule has 2 rings (SSSR count). The highest BCUT2D eigenvalue weighted by molar-refractivity contribution is 5.89. The summed E-state index contributed by atoms with van der Waals surface area (Å²) in [7, 11) is 0. The predicted molar refractivity (Wildman–Crippen MR) is 86.0 cm³/mol. The summed E-state index contributed by atoms with van der Waals surface area (Å²) in [5.41, 5.74) is 0.917. The second-order valence-corrected chi connectivity index (χ2v) is 5.79. The lowest BCUT2D eigenvalue weighted by Gasteiger charge is -2.29. The van der Waals surface area contributed by atoms with Crippen LogP contribution in [0, 0.1) is 5.92 Å². The normalized spacial score (nSPS) is 21.5. The van der Waals surface area contributed by atoms with E-state index in [1.165, 1.54) is 12.5 Å². The Balaban J connectivity index is 1.71. The average Bonchev–Trinajstić information content (AvgIpc) is 2.54. The van der Waals surface area contributed by atoms with Gasteiger partial charge in [-0.15, -0.1) is 0 Å². The number of carbonyl (C=O) groups excluding carboxylic acids is 2. The third-order valence-corrected chi connectivity index (χ3v) is 4.01. The lowest BCUT2D eigenvalue weighted by Crippen LogP contribution is -2.42. The molecular formula is C18H23NO3. The van der Waals surface area contributed by atoms with Crippen LogP contribution in [0.25, 0.3) is 6.08 Å². The van der Waals surface area contributed by atoms with Crippen molar-refractivity contribution in [2.24, 2.45) is 5.92 Å². The van der Waals surface area contributed by atoms with Crippen LogP contribution >= 0.6 is 0 Å². The molecular weight excluding hydrogens is 278 g/mol. The Morgan fingerprint density at radius 2 is 1.95 bits per heavy atom. The van der Waals surface area contributed by atoms with Crippen molar-refractivity contribution in [3.05, 3.63) is 42.0 Å². The maximum absolute atomic E-state index is 11.8. The number of ether oxygens (including phenoxy) is 1. The van der Waals surface area contributed by atoms with Crippen molar-refractivity contribution in [1.29, 1.82) is 0 Å². The van der Waals surface area contributed by atoms with E-state index >= 15 is 0 Å². The number of hydrogen-bond donors (Lipinski definition) is 1. The summed E-state index contributed by atoms with van der Waals surface area (Å²) in [4.78, 5) is 23.4. The second kappa shape index (κ2) is 8.37. The molecule has 1 fully saturated rings. The maximum atomic E-state index is 11.8. The van der Waals surface area contributed by atoms with Gasteiger partial charge >= 0.3 is 5.97 Å². The molecule has 0 spiro atoms. The number of hydrogen-bond acceptors (Lipinski definition) is 3. The van der Waals surface area contributed by atoms with Crippen molar-refractivity contribution >= 4 is 18.0 Å². The summed E-state index contributed by atoms with van der Waals surface area (Å²) in [6.45, 7) is 1.93. The predicted octanol–water partition coefficient (Wildman–Crippen LogP) is 2.94. The zero-order chi connectivity index (χ0) is 15.8. The second-order valence-electron chi connectivity index (χ2n) is 5.79. The molecule has 1 saturated carbocycles. The molecule has 0 unspecified atom stereocenters. The molecule has 4 heteroatoms. The van der Waals surface area contributed by atoms with Gasteiger partial charge in [-0.2, -0.15) is 0 Å². The van der Waals surface area contributed by atoms with Crippen LogP contribution in [0.2, 0.25) is 0 Å². The highest BCUT2D eigenvalue weighted by Gasteiger charge is 2.22. The van der Waals surface area contributed by atoms with E-state index in [0.717, 1.165) is 24.8 Å². The standard InChI is InChI=1S/C18H23NO3/c1-14-7-5-6-10-16(14)19-17(20)13-22-18(21)12-11-15-8-3-2-4-9-15/h2-4,8-9,11-12,14,16H,5-7,10,13H2,1H3,(H,19,20)/b12-11+/t14-,16+/m1/s1. The number of nitrogens with one attached hydrogen (secondary N) is 1. The molecule has 0 heterocycles. The van der Waals surface area contributed by atoms with Crippen molar-refractivity contribution in [3.63, 3.8) is 0 Å². The minimum absolute atomic E-state index is 0.208. The summed E-state index contributed by atoms with van der Waals surface area (Å²) in [6, 6.07) is 9.68. The molecule has 0 aliphatic heterocycles. The van der Waals surface area contributed by atoms with Gasteiger partial charge in [-0.1, -0.05) is 50.1 Å². The number of esters is 1. The topological polar surface area (TPSA) is 55.4 Å². The minimum atomic E-state index is -0.504. The van der Waals surface area contributed by atoms with E-state index in [2.05, 4.69) is 12.2 Å². The first kappa shape index (κ1) is 16.3. The zero-order valence-electron chi connectivity index (χ0n) is 13.0. The lowest BCUT2D eigenvalue weighted by molar-refractivity contribution is -0.144. The number of rotatable bonds is 5. The summed E-state index contributed by atoms with van der Waals surface area (Å²) >= 11 is 0. The summed E-state index contributed by atoms with van der Waals surface area (Å²) in [6.07, 6.45) is 7.54. The Labute approximate surface area is 131 Å². The Hall–Kier alpha value is -2.10. The highest BCUT2D eigenvalue weighted by atomic mass is 16.5. The van der Waals surface area contributed by atoms with Crippen LogP contribution in [0.5, 0.6) is 0 Å². The lowest BCUT2D eigenvalue weighted by atomic mass is 9.86. The van der Waals surface area contributed by atoms with Gasteiger partial charge in [0.2, 0.25) is 0 Å². The van der Waals surface area contributed by atoms with Crippen molar-refractivity contribution in [1.82, 2.24) is 5.32 Å². The van der Waals surface area contributed by atoms with E-state index in [-0.39, 0.29) is 18.6 Å². The Bertz CT molecular complexity index is 524.